The van der Waals surface area contributed by atoms with Crippen LogP contribution in [-0.2, 0) is 32.7 Å². The minimum Gasteiger partial charge on any atom is -0.288 e. The zero-order valence-corrected chi connectivity index (χ0v) is 8.04. The van der Waals surface area contributed by atoms with Gasteiger partial charge in [-0.2, -0.15) is 6.07 Å². The van der Waals surface area contributed by atoms with E-state index in [1.165, 1.54) is 6.20 Å². The fourth-order valence-electron chi connectivity index (χ4n) is 0.447. The van der Waals surface area contributed by atoms with Crippen LogP contribution in [0.1, 0.15) is 5.56 Å². The standard InChI is InChI=1S/C6H7NO.Y/c1-6-2-4-7(8)5-3-6;/h2,4-5,8H,1H3;. The number of pyridine rings is 1. The van der Waals surface area contributed by atoms with Crippen LogP contribution in [-0.4, -0.2) is 5.21 Å². The Balaban J connectivity index is 0.000000640. The molecular weight excluding hydrogens is 191 g/mol. The van der Waals surface area contributed by atoms with Crippen molar-refractivity contribution in [2.75, 3.05) is 0 Å². The van der Waals surface area contributed by atoms with Crippen LogP contribution >= 0.6 is 0 Å². The maximum atomic E-state index is 8.64. The van der Waals surface area contributed by atoms with E-state index in [4.69, 9.17) is 5.21 Å². The van der Waals surface area contributed by atoms with Gasteiger partial charge in [0.05, 0.1) is 0 Å². The number of aromatic nitrogens is 1. The van der Waals surface area contributed by atoms with E-state index in [1.807, 2.05) is 6.92 Å². The van der Waals surface area contributed by atoms with Gasteiger partial charge in [0.1, 0.15) is 12.4 Å². The Morgan fingerprint density at radius 1 is 1.67 bits per heavy atom. The van der Waals surface area contributed by atoms with Gasteiger partial charge in [-0.05, 0) is 4.73 Å². The van der Waals surface area contributed by atoms with Gasteiger partial charge < -0.3 is 0 Å². The predicted molar refractivity (Wildman–Crippen MR) is 27.4 cm³/mol. The van der Waals surface area contributed by atoms with Gasteiger partial charge >= 0.3 is 0 Å². The van der Waals surface area contributed by atoms with Crippen LogP contribution in [0.25, 0.3) is 0 Å². The van der Waals surface area contributed by atoms with E-state index in [0.717, 1.165) is 10.3 Å². The minimum absolute atomic E-state index is 0. The Labute approximate surface area is 79.4 Å². The third kappa shape index (κ3) is 2.92. The van der Waals surface area contributed by atoms with Gasteiger partial charge in [0.2, 0.25) is 0 Å². The molecule has 1 heterocycles. The molecule has 0 aliphatic rings. The summed E-state index contributed by atoms with van der Waals surface area (Å²) in [5.74, 6) is 0. The molecule has 2 nitrogen and oxygen atoms in total. The molecule has 1 N–H and O–H groups in total. The summed E-state index contributed by atoms with van der Waals surface area (Å²) in [4.78, 5) is 0. The van der Waals surface area contributed by atoms with Crippen LogP contribution in [0.2, 0.25) is 0 Å². The first-order valence-corrected chi connectivity index (χ1v) is 2.38. The molecule has 1 rings (SSSR count). The number of rotatable bonds is 0. The molecular formula is C6H7NOY. The molecule has 0 bridgehead atoms. The molecule has 0 spiro atoms. The van der Waals surface area contributed by atoms with Crippen LogP contribution in [0.3, 0.4) is 0 Å². The molecule has 1 aromatic rings. The van der Waals surface area contributed by atoms with Gasteiger partial charge in [-0.15, -0.1) is 6.07 Å². The first-order chi connectivity index (χ1) is 3.79. The number of nitrogens with zero attached hydrogens (tertiary/aromatic N) is 1. The van der Waals surface area contributed by atoms with E-state index in [1.54, 1.807) is 12.3 Å². The summed E-state index contributed by atoms with van der Waals surface area (Å²) < 4.78 is 0.965. The van der Waals surface area contributed by atoms with Gasteiger partial charge in [0, 0.05) is 32.7 Å². The normalized spacial score (nSPS) is 8.11. The van der Waals surface area contributed by atoms with Crippen molar-refractivity contribution in [1.29, 1.82) is 0 Å². The Morgan fingerprint density at radius 3 is 2.67 bits per heavy atom. The molecule has 9 heavy (non-hydrogen) atoms. The van der Waals surface area contributed by atoms with E-state index < -0.39 is 0 Å². The maximum absolute atomic E-state index is 8.64. The molecule has 0 aliphatic carbocycles. The molecule has 45 valence electrons. The van der Waals surface area contributed by atoms with Crippen molar-refractivity contribution >= 4 is 0 Å². The first kappa shape index (κ1) is 9.05. The Bertz CT molecular complexity index is 152. The van der Waals surface area contributed by atoms with Crippen LogP contribution in [0, 0.1) is 13.0 Å². The molecule has 1 radical (unpaired) electrons. The molecule has 0 fully saturated rings. The average Bonchev–Trinajstić information content (AvgIpc) is 1.77. The third-order valence-electron chi connectivity index (χ3n) is 0.902. The van der Waals surface area contributed by atoms with Crippen molar-refractivity contribution < 1.29 is 42.6 Å². The van der Waals surface area contributed by atoms with Crippen molar-refractivity contribution in [1.82, 2.24) is 0 Å². The summed E-state index contributed by atoms with van der Waals surface area (Å²) in [6.07, 6.45) is 3.03. The smallest absolute Gasteiger partial charge is 0.143 e. The molecule has 0 amide bonds. The molecule has 0 aliphatic heterocycles. The third-order valence-corrected chi connectivity index (χ3v) is 0.902. The minimum atomic E-state index is 0. The summed E-state index contributed by atoms with van der Waals surface area (Å²) in [5, 5.41) is 8.64. The fourth-order valence-corrected chi connectivity index (χ4v) is 0.447. The number of aryl methyl sites for hydroxylation is 1. The van der Waals surface area contributed by atoms with Crippen LogP contribution in [0.15, 0.2) is 18.5 Å². The first-order valence-electron chi connectivity index (χ1n) is 2.38. The van der Waals surface area contributed by atoms with Gasteiger partial charge in [-0.25, -0.2) is 5.56 Å². The monoisotopic (exact) mass is 198 g/mol. The number of hydrogen-bond acceptors (Lipinski definition) is 1. The van der Waals surface area contributed by atoms with Gasteiger partial charge in [0.15, 0.2) is 0 Å². The molecule has 0 saturated carbocycles. The van der Waals surface area contributed by atoms with Crippen LogP contribution in [0.5, 0.6) is 0 Å². The zero-order valence-electron chi connectivity index (χ0n) is 5.20. The van der Waals surface area contributed by atoms with Crippen LogP contribution < -0.4 is 4.73 Å². The van der Waals surface area contributed by atoms with E-state index in [2.05, 4.69) is 6.07 Å². The summed E-state index contributed by atoms with van der Waals surface area (Å²) in [6.45, 7) is 1.92. The second-order valence-electron chi connectivity index (χ2n) is 1.65. The molecule has 3 heteroatoms. The second kappa shape index (κ2) is 3.96. The van der Waals surface area contributed by atoms with E-state index in [-0.39, 0.29) is 32.7 Å². The fraction of sp³-hybridized carbons (Fsp3) is 0.167. The Morgan fingerprint density at radius 2 is 2.33 bits per heavy atom. The Hall–Kier alpha value is 0.0539. The molecule has 1 aromatic heterocycles. The summed E-state index contributed by atoms with van der Waals surface area (Å²) in [6, 6.07) is 4.59. The molecule has 0 unspecified atom stereocenters. The van der Waals surface area contributed by atoms with Gasteiger partial charge in [0.25, 0.3) is 0 Å². The van der Waals surface area contributed by atoms with Gasteiger partial charge in [-0.3, -0.25) is 5.21 Å². The average molecular weight is 198 g/mol. The summed E-state index contributed by atoms with van der Waals surface area (Å²) in [5.41, 5.74) is 1.02. The van der Waals surface area contributed by atoms with Gasteiger partial charge in [-0.1, -0.05) is 6.92 Å². The second-order valence-corrected chi connectivity index (χ2v) is 1.65. The molecule has 0 atom stereocenters. The van der Waals surface area contributed by atoms with E-state index >= 15 is 0 Å². The predicted octanol–water partition coefficient (Wildman–Crippen LogP) is 0.318. The summed E-state index contributed by atoms with van der Waals surface area (Å²) >= 11 is 0. The molecule has 0 aromatic carbocycles. The largest absolute Gasteiger partial charge is 0.288 e. The van der Waals surface area contributed by atoms with Crippen molar-refractivity contribution in [3.63, 3.8) is 0 Å². The SMILES string of the molecule is Cc1[c-]c[n+](O)cc1.[Y]. The maximum Gasteiger partial charge on any atom is 0.143 e. The quantitative estimate of drug-likeness (QED) is 0.362. The van der Waals surface area contributed by atoms with E-state index in [9.17, 15) is 0 Å². The number of hydrogen-bond donors (Lipinski definition) is 1. The van der Waals surface area contributed by atoms with Crippen molar-refractivity contribution in [2.24, 2.45) is 0 Å². The van der Waals surface area contributed by atoms with Crippen molar-refractivity contribution in [3.8, 4) is 0 Å². The van der Waals surface area contributed by atoms with Crippen LogP contribution in [0.4, 0.5) is 0 Å². The van der Waals surface area contributed by atoms with Crippen molar-refractivity contribution in [3.05, 3.63) is 30.1 Å². The zero-order chi connectivity index (χ0) is 5.98. The molecule has 0 saturated heterocycles. The summed E-state index contributed by atoms with van der Waals surface area (Å²) in [7, 11) is 0. The topological polar surface area (TPSA) is 24.1 Å². The Kier molecular flexibility index (Phi) is 3.99. The van der Waals surface area contributed by atoms with Crippen molar-refractivity contribution in [2.45, 2.75) is 6.92 Å². The van der Waals surface area contributed by atoms with E-state index in [0.29, 0.717) is 0 Å².